The maximum absolute atomic E-state index is 13.0. The Labute approximate surface area is 351 Å². The fourth-order valence-electron chi connectivity index (χ4n) is 7.04. The molecule has 4 heterocycles. The van der Waals surface area contributed by atoms with Crippen LogP contribution in [-0.4, -0.2) is 51.1 Å². The van der Waals surface area contributed by atoms with Gasteiger partial charge in [-0.05, 0) is 109 Å². The Hall–Kier alpha value is -6.55. The lowest BCUT2D eigenvalue weighted by Crippen LogP contribution is -2.32. The first-order chi connectivity index (χ1) is 29.2. The Morgan fingerprint density at radius 3 is 2.08 bits per heavy atom. The van der Waals surface area contributed by atoms with E-state index in [0.717, 1.165) is 59.3 Å². The van der Waals surface area contributed by atoms with Crippen molar-refractivity contribution < 1.29 is 40.6 Å². The summed E-state index contributed by atoms with van der Waals surface area (Å²) in [6, 6.07) is 30.7. The second-order valence-corrected chi connectivity index (χ2v) is 14.4. The minimum Gasteiger partial charge on any atom is -0.406 e. The lowest BCUT2D eigenvalue weighted by Gasteiger charge is -2.34. The third-order valence-corrected chi connectivity index (χ3v) is 10.2. The number of aryl methyl sites for hydroxylation is 1. The molecular weight excluding hydrogens is 824 g/mol. The van der Waals surface area contributed by atoms with Crippen molar-refractivity contribution in [2.45, 2.75) is 51.4 Å². The monoisotopic (exact) mass is 861 g/mol. The van der Waals surface area contributed by atoms with Crippen molar-refractivity contribution in [2.75, 3.05) is 23.3 Å². The summed E-state index contributed by atoms with van der Waals surface area (Å²) >= 11 is 6.14. The van der Waals surface area contributed by atoms with Crippen molar-refractivity contribution in [3.05, 3.63) is 149 Å². The standard InChI is InChI=1S/C29H28ClF3N4O2.C15H10F3N3O/c1-2-25-27(37-18-22(30)7-12-26(37)35-25)28(38)34-17-19-3-8-23(9-4-19)36-15-13-21(14-16-36)20-5-10-24(11-6-20)39-29(31,32)33;16-15(17,18)22-11-7-5-10(6-8-11)21-14-12-3-1-2-4-13(12)19-9-20-14/h3-12,18,21H,2,13-17H2,1H3,(H,34,38);1-9H,(H,19,20,21). The molecule has 0 aliphatic carbocycles. The van der Waals surface area contributed by atoms with E-state index in [9.17, 15) is 31.1 Å². The lowest BCUT2D eigenvalue weighted by molar-refractivity contribution is -0.275. The quantitative estimate of drug-likeness (QED) is 0.131. The van der Waals surface area contributed by atoms with Crippen molar-refractivity contribution in [3.63, 3.8) is 0 Å². The predicted octanol–water partition coefficient (Wildman–Crippen LogP) is 11.0. The number of carbonyl (C=O) groups excluding carboxylic acids is 1. The molecule has 0 saturated carbocycles. The normalized spacial score (nSPS) is 13.4. The van der Waals surface area contributed by atoms with Crippen LogP contribution in [-0.2, 0) is 13.0 Å². The smallest absolute Gasteiger partial charge is 0.406 e. The number of amides is 1. The SMILES string of the molecule is CCc1nc2ccc(Cl)cn2c1C(=O)NCc1ccc(N2CCC(c3ccc(OC(F)(F)F)cc3)CC2)cc1.FC(F)(F)Oc1ccc(Nc2ncnc3ccccc23)cc1. The number of hydrogen-bond acceptors (Lipinski definition) is 8. The van der Waals surface area contributed by atoms with Crippen molar-refractivity contribution >= 4 is 51.3 Å². The third-order valence-electron chi connectivity index (χ3n) is 9.93. The Balaban J connectivity index is 0.000000215. The number of pyridine rings is 1. The molecular formula is C44H38ClF6N7O3. The first-order valence-corrected chi connectivity index (χ1v) is 19.6. The number of hydrogen-bond donors (Lipinski definition) is 2. The zero-order chi connectivity index (χ0) is 43.1. The van der Waals surface area contributed by atoms with Crippen LogP contribution in [0.2, 0.25) is 5.02 Å². The van der Waals surface area contributed by atoms with E-state index in [1.54, 1.807) is 34.9 Å². The van der Waals surface area contributed by atoms with E-state index in [-0.39, 0.29) is 23.3 Å². The minimum atomic E-state index is -4.70. The summed E-state index contributed by atoms with van der Waals surface area (Å²) < 4.78 is 83.0. The van der Waals surface area contributed by atoms with E-state index in [2.05, 4.69) is 52.1 Å². The summed E-state index contributed by atoms with van der Waals surface area (Å²) in [6.07, 6.45) is -3.82. The molecule has 10 nitrogen and oxygen atoms in total. The largest absolute Gasteiger partial charge is 0.573 e. The van der Waals surface area contributed by atoms with Crippen LogP contribution in [0.15, 0.2) is 122 Å². The number of imidazole rings is 1. The highest BCUT2D eigenvalue weighted by atomic mass is 35.5. The molecule has 1 amide bonds. The molecule has 1 fully saturated rings. The molecule has 0 spiro atoms. The molecule has 1 aliphatic heterocycles. The van der Waals surface area contributed by atoms with Gasteiger partial charge < -0.3 is 25.0 Å². The molecule has 0 radical (unpaired) electrons. The average Bonchev–Trinajstić information content (AvgIpc) is 3.61. The molecule has 0 bridgehead atoms. The van der Waals surface area contributed by atoms with Gasteiger partial charge in [-0.25, -0.2) is 15.0 Å². The molecule has 17 heteroatoms. The second kappa shape index (κ2) is 18.4. The Morgan fingerprint density at radius 2 is 1.44 bits per heavy atom. The number of nitrogens with zero attached hydrogens (tertiary/aromatic N) is 5. The summed E-state index contributed by atoms with van der Waals surface area (Å²) in [5.41, 5.74) is 6.37. The van der Waals surface area contributed by atoms with E-state index < -0.39 is 12.7 Å². The Morgan fingerprint density at radius 1 is 0.803 bits per heavy atom. The highest BCUT2D eigenvalue weighted by Crippen LogP contribution is 2.33. The maximum atomic E-state index is 13.0. The number of anilines is 3. The molecule has 2 N–H and O–H groups in total. The van der Waals surface area contributed by atoms with Crippen molar-refractivity contribution in [3.8, 4) is 11.5 Å². The van der Waals surface area contributed by atoms with Crippen molar-refractivity contribution in [1.29, 1.82) is 0 Å². The maximum Gasteiger partial charge on any atom is 0.573 e. The molecule has 316 valence electrons. The van der Waals surface area contributed by atoms with Gasteiger partial charge in [0, 0.05) is 42.6 Å². The fourth-order valence-corrected chi connectivity index (χ4v) is 7.20. The van der Waals surface area contributed by atoms with Crippen LogP contribution in [0.5, 0.6) is 11.5 Å². The molecule has 8 rings (SSSR count). The molecule has 0 atom stereocenters. The van der Waals surface area contributed by atoms with Gasteiger partial charge >= 0.3 is 12.7 Å². The third kappa shape index (κ3) is 11.2. The van der Waals surface area contributed by atoms with Gasteiger partial charge in [-0.1, -0.05) is 54.9 Å². The van der Waals surface area contributed by atoms with Crippen LogP contribution in [0.4, 0.5) is 43.5 Å². The van der Waals surface area contributed by atoms with Gasteiger partial charge in [-0.3, -0.25) is 9.20 Å². The molecule has 7 aromatic rings. The van der Waals surface area contributed by atoms with E-state index >= 15 is 0 Å². The summed E-state index contributed by atoms with van der Waals surface area (Å²) in [5, 5.41) is 7.40. The van der Waals surface area contributed by atoms with Gasteiger partial charge in [0.25, 0.3) is 5.91 Å². The molecule has 0 unspecified atom stereocenters. The van der Waals surface area contributed by atoms with Gasteiger partial charge in [0.05, 0.1) is 16.2 Å². The number of rotatable bonds is 10. The lowest BCUT2D eigenvalue weighted by atomic mass is 9.89. The topological polar surface area (TPSA) is 106 Å². The molecule has 1 saturated heterocycles. The number of para-hydroxylation sites is 1. The van der Waals surface area contributed by atoms with Gasteiger partial charge in [-0.15, -0.1) is 26.3 Å². The summed E-state index contributed by atoms with van der Waals surface area (Å²) in [6.45, 7) is 4.04. The Kier molecular flexibility index (Phi) is 12.8. The number of ether oxygens (including phenoxy) is 2. The van der Waals surface area contributed by atoms with E-state index in [1.165, 1.54) is 42.7 Å². The van der Waals surface area contributed by atoms with Crippen LogP contribution in [0.25, 0.3) is 16.6 Å². The van der Waals surface area contributed by atoms with E-state index in [4.69, 9.17) is 11.6 Å². The summed E-state index contributed by atoms with van der Waals surface area (Å²) in [7, 11) is 0. The fraction of sp³-hybridized carbons (Fsp3) is 0.227. The summed E-state index contributed by atoms with van der Waals surface area (Å²) in [4.78, 5) is 28.2. The van der Waals surface area contributed by atoms with Crippen LogP contribution < -0.4 is 25.0 Å². The predicted molar refractivity (Wildman–Crippen MR) is 220 cm³/mol. The van der Waals surface area contributed by atoms with Crippen LogP contribution in [0, 0.1) is 0 Å². The molecule has 61 heavy (non-hydrogen) atoms. The van der Waals surface area contributed by atoms with Crippen LogP contribution in [0.1, 0.15) is 53.0 Å². The van der Waals surface area contributed by atoms with Crippen molar-refractivity contribution in [1.82, 2.24) is 24.7 Å². The number of piperidine rings is 1. The Bertz CT molecular complexity index is 2570. The number of halogens is 7. The summed E-state index contributed by atoms with van der Waals surface area (Å²) in [5.74, 6) is 0.193. The van der Waals surface area contributed by atoms with Gasteiger partial charge in [0.2, 0.25) is 0 Å². The van der Waals surface area contributed by atoms with Crippen LogP contribution >= 0.6 is 11.6 Å². The molecule has 4 aromatic carbocycles. The zero-order valence-corrected chi connectivity index (χ0v) is 33.2. The van der Waals surface area contributed by atoms with Crippen LogP contribution in [0.3, 0.4) is 0 Å². The first-order valence-electron chi connectivity index (χ1n) is 19.2. The first kappa shape index (κ1) is 42.6. The van der Waals surface area contributed by atoms with Crippen molar-refractivity contribution in [2.24, 2.45) is 0 Å². The van der Waals surface area contributed by atoms with Gasteiger partial charge in [0.1, 0.15) is 35.0 Å². The van der Waals surface area contributed by atoms with Gasteiger partial charge in [0.15, 0.2) is 0 Å². The van der Waals surface area contributed by atoms with E-state index in [0.29, 0.717) is 40.8 Å². The number of nitrogens with one attached hydrogen (secondary N) is 2. The highest BCUT2D eigenvalue weighted by Gasteiger charge is 2.32. The molecule has 1 aliphatic rings. The minimum absolute atomic E-state index is 0.200. The number of aromatic nitrogens is 4. The molecule has 3 aromatic heterocycles. The van der Waals surface area contributed by atoms with Gasteiger partial charge in [-0.2, -0.15) is 0 Å². The zero-order valence-electron chi connectivity index (χ0n) is 32.5. The van der Waals surface area contributed by atoms with E-state index in [1.807, 2.05) is 43.3 Å². The average molecular weight is 862 g/mol. The number of alkyl halides is 6. The highest BCUT2D eigenvalue weighted by molar-refractivity contribution is 6.30. The number of carbonyl (C=O) groups is 1. The second-order valence-electron chi connectivity index (χ2n) is 14.0. The number of fused-ring (bicyclic) bond motifs is 2. The number of benzene rings is 4.